The van der Waals surface area contributed by atoms with Gasteiger partial charge in [-0.25, -0.2) is 0 Å². The molecule has 0 radical (unpaired) electrons. The molecule has 0 fully saturated rings. The Kier molecular flexibility index (Phi) is 6.40. The highest BCUT2D eigenvalue weighted by Crippen LogP contribution is 2.24. The third-order valence-corrected chi connectivity index (χ3v) is 3.59. The van der Waals surface area contributed by atoms with Crippen LogP contribution in [-0.4, -0.2) is 24.6 Å². The summed E-state index contributed by atoms with van der Waals surface area (Å²) in [6.07, 6.45) is 8.93. The average Bonchev–Trinajstić information content (AvgIpc) is 2.61. The van der Waals surface area contributed by atoms with Gasteiger partial charge >= 0.3 is 0 Å². The SMILES string of the molecule is C#Cc1cc(-c2ccc(OCCCCCO)cc2)ccc1C=O. The first kappa shape index (κ1) is 16.8. The Balaban J connectivity index is 2.02. The number of ether oxygens (including phenoxy) is 1. The van der Waals surface area contributed by atoms with Crippen LogP contribution in [0.3, 0.4) is 0 Å². The predicted molar refractivity (Wildman–Crippen MR) is 91.6 cm³/mol. The quantitative estimate of drug-likeness (QED) is 0.459. The van der Waals surface area contributed by atoms with E-state index in [1.807, 2.05) is 36.4 Å². The van der Waals surface area contributed by atoms with Crippen molar-refractivity contribution in [2.24, 2.45) is 0 Å². The number of rotatable bonds is 8. The van der Waals surface area contributed by atoms with Crippen molar-refractivity contribution in [2.45, 2.75) is 19.3 Å². The predicted octanol–water partition coefficient (Wildman–Crippen LogP) is 3.69. The van der Waals surface area contributed by atoms with Crippen molar-refractivity contribution in [1.29, 1.82) is 0 Å². The summed E-state index contributed by atoms with van der Waals surface area (Å²) in [5.41, 5.74) is 3.12. The first-order valence-corrected chi connectivity index (χ1v) is 7.68. The van der Waals surface area contributed by atoms with Gasteiger partial charge in [-0.2, -0.15) is 0 Å². The minimum Gasteiger partial charge on any atom is -0.494 e. The normalized spacial score (nSPS) is 10.1. The van der Waals surface area contributed by atoms with Crippen LogP contribution < -0.4 is 4.74 Å². The van der Waals surface area contributed by atoms with Crippen molar-refractivity contribution in [3.63, 3.8) is 0 Å². The van der Waals surface area contributed by atoms with Gasteiger partial charge in [0.1, 0.15) is 5.75 Å². The molecule has 118 valence electrons. The van der Waals surface area contributed by atoms with Gasteiger partial charge in [0.2, 0.25) is 0 Å². The van der Waals surface area contributed by atoms with Crippen LogP contribution in [-0.2, 0) is 0 Å². The van der Waals surface area contributed by atoms with Gasteiger partial charge < -0.3 is 9.84 Å². The molecule has 3 nitrogen and oxygen atoms in total. The maximum absolute atomic E-state index is 10.9. The molecule has 1 N–H and O–H groups in total. The van der Waals surface area contributed by atoms with Crippen LogP contribution in [0.15, 0.2) is 42.5 Å². The first-order valence-electron chi connectivity index (χ1n) is 7.68. The van der Waals surface area contributed by atoms with Crippen LogP contribution >= 0.6 is 0 Å². The molecule has 0 aliphatic carbocycles. The summed E-state index contributed by atoms with van der Waals surface area (Å²) in [7, 11) is 0. The number of aliphatic hydroxyl groups is 1. The standard InChI is InChI=1S/C20H20O3/c1-2-16-14-18(6-7-19(16)15-22)17-8-10-20(11-9-17)23-13-5-3-4-12-21/h1,6-11,14-15,21H,3-5,12-13H2. The summed E-state index contributed by atoms with van der Waals surface area (Å²) >= 11 is 0. The molecule has 0 heterocycles. The molecular formula is C20H20O3. The second-order valence-electron chi connectivity index (χ2n) is 5.22. The van der Waals surface area contributed by atoms with E-state index in [0.29, 0.717) is 17.7 Å². The van der Waals surface area contributed by atoms with Crippen molar-refractivity contribution >= 4 is 6.29 Å². The van der Waals surface area contributed by atoms with Gasteiger partial charge in [-0.15, -0.1) is 6.42 Å². The lowest BCUT2D eigenvalue weighted by Gasteiger charge is -2.08. The zero-order valence-corrected chi connectivity index (χ0v) is 13.0. The lowest BCUT2D eigenvalue weighted by Crippen LogP contribution is -1.97. The molecule has 0 unspecified atom stereocenters. The molecule has 0 saturated heterocycles. The van der Waals surface area contributed by atoms with Crippen molar-refractivity contribution in [3.8, 4) is 29.2 Å². The topological polar surface area (TPSA) is 46.5 Å². The molecule has 0 atom stereocenters. The van der Waals surface area contributed by atoms with E-state index >= 15 is 0 Å². The van der Waals surface area contributed by atoms with Gasteiger partial charge in [0, 0.05) is 17.7 Å². The van der Waals surface area contributed by atoms with Gasteiger partial charge in [0.15, 0.2) is 6.29 Å². The lowest BCUT2D eigenvalue weighted by atomic mass is 10.00. The number of aldehydes is 1. The Morgan fingerprint density at radius 2 is 1.78 bits per heavy atom. The van der Waals surface area contributed by atoms with Crippen LogP contribution in [0.4, 0.5) is 0 Å². The Morgan fingerprint density at radius 1 is 1.04 bits per heavy atom. The molecule has 2 aromatic rings. The van der Waals surface area contributed by atoms with E-state index in [1.165, 1.54) is 0 Å². The smallest absolute Gasteiger partial charge is 0.151 e. The summed E-state index contributed by atoms with van der Waals surface area (Å²) in [5, 5.41) is 8.72. The second-order valence-corrected chi connectivity index (χ2v) is 5.22. The summed E-state index contributed by atoms with van der Waals surface area (Å²) in [6, 6.07) is 13.3. The summed E-state index contributed by atoms with van der Waals surface area (Å²) < 4.78 is 5.66. The fourth-order valence-electron chi connectivity index (χ4n) is 2.29. The van der Waals surface area contributed by atoms with Gasteiger partial charge in [-0.3, -0.25) is 4.79 Å². The first-order chi connectivity index (χ1) is 11.3. The molecular weight excluding hydrogens is 288 g/mol. The van der Waals surface area contributed by atoms with Gasteiger partial charge in [0.25, 0.3) is 0 Å². The van der Waals surface area contributed by atoms with Crippen molar-refractivity contribution < 1.29 is 14.6 Å². The fourth-order valence-corrected chi connectivity index (χ4v) is 2.29. The molecule has 23 heavy (non-hydrogen) atoms. The number of carbonyl (C=O) groups is 1. The Morgan fingerprint density at radius 3 is 2.43 bits per heavy atom. The number of aliphatic hydroxyl groups excluding tert-OH is 1. The van der Waals surface area contributed by atoms with E-state index in [1.54, 1.807) is 6.07 Å². The van der Waals surface area contributed by atoms with E-state index < -0.39 is 0 Å². The fraction of sp³-hybridized carbons (Fsp3) is 0.250. The molecule has 0 aliphatic heterocycles. The zero-order valence-electron chi connectivity index (χ0n) is 13.0. The highest BCUT2D eigenvalue weighted by atomic mass is 16.5. The Labute approximate surface area is 136 Å². The van der Waals surface area contributed by atoms with Crippen molar-refractivity contribution in [2.75, 3.05) is 13.2 Å². The minimum absolute atomic E-state index is 0.233. The third kappa shape index (κ3) is 4.70. The number of terminal acetylenes is 1. The van der Waals surface area contributed by atoms with Crippen LogP contribution in [0.5, 0.6) is 5.75 Å². The van der Waals surface area contributed by atoms with E-state index in [4.69, 9.17) is 16.3 Å². The van der Waals surface area contributed by atoms with Crippen LogP contribution in [0.1, 0.15) is 35.2 Å². The largest absolute Gasteiger partial charge is 0.494 e. The molecule has 2 rings (SSSR count). The molecule has 0 bridgehead atoms. The van der Waals surface area contributed by atoms with E-state index in [9.17, 15) is 4.79 Å². The number of hydrogen-bond donors (Lipinski definition) is 1. The molecule has 0 aromatic heterocycles. The zero-order chi connectivity index (χ0) is 16.5. The van der Waals surface area contributed by atoms with Crippen LogP contribution in [0.2, 0.25) is 0 Å². The molecule has 0 aliphatic rings. The molecule has 0 saturated carbocycles. The van der Waals surface area contributed by atoms with Gasteiger partial charge in [-0.05, 0) is 54.7 Å². The van der Waals surface area contributed by atoms with E-state index in [2.05, 4.69) is 5.92 Å². The van der Waals surface area contributed by atoms with Crippen molar-refractivity contribution in [1.82, 2.24) is 0 Å². The number of carbonyl (C=O) groups excluding carboxylic acids is 1. The second kappa shape index (κ2) is 8.77. The Bertz CT molecular complexity index is 681. The number of benzene rings is 2. The number of unbranched alkanes of at least 4 members (excludes halogenated alkanes) is 2. The third-order valence-electron chi connectivity index (χ3n) is 3.59. The lowest BCUT2D eigenvalue weighted by molar-refractivity contribution is 0.112. The van der Waals surface area contributed by atoms with Crippen molar-refractivity contribution in [3.05, 3.63) is 53.6 Å². The van der Waals surface area contributed by atoms with Gasteiger partial charge in [-0.1, -0.05) is 24.1 Å². The van der Waals surface area contributed by atoms with Gasteiger partial charge in [0.05, 0.1) is 6.61 Å². The average molecular weight is 308 g/mol. The monoisotopic (exact) mass is 308 g/mol. The maximum atomic E-state index is 10.9. The summed E-state index contributed by atoms with van der Waals surface area (Å²) in [4.78, 5) is 10.9. The minimum atomic E-state index is 0.233. The molecule has 2 aromatic carbocycles. The molecule has 0 amide bonds. The van der Waals surface area contributed by atoms with E-state index in [-0.39, 0.29) is 6.61 Å². The van der Waals surface area contributed by atoms with E-state index in [0.717, 1.165) is 42.4 Å². The highest BCUT2D eigenvalue weighted by molar-refractivity contribution is 5.81. The van der Waals surface area contributed by atoms with Crippen LogP contribution in [0, 0.1) is 12.3 Å². The molecule has 3 heteroatoms. The maximum Gasteiger partial charge on any atom is 0.151 e. The summed E-state index contributed by atoms with van der Waals surface area (Å²) in [5.74, 6) is 3.36. The van der Waals surface area contributed by atoms with Crippen LogP contribution in [0.25, 0.3) is 11.1 Å². The highest BCUT2D eigenvalue weighted by Gasteiger charge is 2.04. The molecule has 0 spiro atoms. The Hall–Kier alpha value is -2.57. The summed E-state index contributed by atoms with van der Waals surface area (Å²) in [6.45, 7) is 0.881. The number of hydrogen-bond acceptors (Lipinski definition) is 3.